The molecule has 32 heavy (non-hydrogen) atoms. The molecule has 0 atom stereocenters. The first-order valence-electron chi connectivity index (χ1n) is 11.2. The molecule has 9 heteroatoms. The van der Waals surface area contributed by atoms with Crippen molar-refractivity contribution < 1.29 is 9.59 Å². The van der Waals surface area contributed by atoms with E-state index in [4.69, 9.17) is 4.99 Å². The van der Waals surface area contributed by atoms with Crippen molar-refractivity contribution in [1.29, 1.82) is 0 Å². The van der Waals surface area contributed by atoms with Gasteiger partial charge in [-0.25, -0.2) is 0 Å². The predicted octanol–water partition coefficient (Wildman–Crippen LogP) is 1.66. The zero-order chi connectivity index (χ0) is 22.8. The van der Waals surface area contributed by atoms with Gasteiger partial charge >= 0.3 is 0 Å². The minimum atomic E-state index is 0. The van der Waals surface area contributed by atoms with Gasteiger partial charge in [-0.15, -0.1) is 24.0 Å². The van der Waals surface area contributed by atoms with E-state index in [9.17, 15) is 9.59 Å². The molecule has 1 aliphatic heterocycles. The molecule has 0 aliphatic carbocycles. The minimum Gasteiger partial charge on any atom is -0.357 e. The van der Waals surface area contributed by atoms with Gasteiger partial charge in [0.2, 0.25) is 5.91 Å². The fourth-order valence-corrected chi connectivity index (χ4v) is 3.52. The SMILES string of the molecule is CCNC(=NCCc1cccc(C(=O)N(C)C)c1)N1CCN(CC(=O)NC(C)C)CC1.I. The van der Waals surface area contributed by atoms with Crippen molar-refractivity contribution in [3.05, 3.63) is 35.4 Å². The summed E-state index contributed by atoms with van der Waals surface area (Å²) in [5.74, 6) is 1.01. The number of amides is 2. The Labute approximate surface area is 209 Å². The number of guanidine groups is 1. The van der Waals surface area contributed by atoms with Crippen LogP contribution in [-0.4, -0.2) is 98.4 Å². The highest BCUT2D eigenvalue weighted by Gasteiger charge is 2.21. The molecule has 2 amide bonds. The van der Waals surface area contributed by atoms with E-state index in [-0.39, 0.29) is 41.8 Å². The average molecular weight is 559 g/mol. The van der Waals surface area contributed by atoms with Crippen molar-refractivity contribution in [2.24, 2.45) is 4.99 Å². The molecule has 8 nitrogen and oxygen atoms in total. The number of hydrogen-bond donors (Lipinski definition) is 2. The molecule has 1 heterocycles. The Hall–Kier alpha value is -1.88. The van der Waals surface area contributed by atoms with E-state index in [1.807, 2.05) is 38.1 Å². The molecule has 2 N–H and O–H groups in total. The second-order valence-corrected chi connectivity index (χ2v) is 8.37. The van der Waals surface area contributed by atoms with Crippen molar-refractivity contribution in [2.45, 2.75) is 33.2 Å². The van der Waals surface area contributed by atoms with Crippen molar-refractivity contribution in [3.63, 3.8) is 0 Å². The number of halogens is 1. The third-order valence-electron chi connectivity index (χ3n) is 5.07. The molecule has 180 valence electrons. The van der Waals surface area contributed by atoms with Gasteiger partial charge in [0.25, 0.3) is 5.91 Å². The maximum atomic E-state index is 12.2. The Morgan fingerprint density at radius 2 is 1.84 bits per heavy atom. The fraction of sp³-hybridized carbons (Fsp3) is 0.609. The van der Waals surface area contributed by atoms with Gasteiger partial charge in [0.05, 0.1) is 6.54 Å². The van der Waals surface area contributed by atoms with Gasteiger partial charge in [-0.1, -0.05) is 12.1 Å². The van der Waals surface area contributed by atoms with Crippen LogP contribution in [-0.2, 0) is 11.2 Å². The van der Waals surface area contributed by atoms with Crippen LogP contribution >= 0.6 is 24.0 Å². The molecule has 1 aromatic rings. The van der Waals surface area contributed by atoms with Crippen LogP contribution < -0.4 is 10.6 Å². The monoisotopic (exact) mass is 558 g/mol. The number of rotatable bonds is 8. The Kier molecular flexibility index (Phi) is 12.6. The number of nitrogens with one attached hydrogen (secondary N) is 2. The average Bonchev–Trinajstić information content (AvgIpc) is 2.72. The van der Waals surface area contributed by atoms with E-state index in [2.05, 4.69) is 27.4 Å². The van der Waals surface area contributed by atoms with E-state index in [1.54, 1.807) is 19.0 Å². The summed E-state index contributed by atoms with van der Waals surface area (Å²) < 4.78 is 0. The van der Waals surface area contributed by atoms with Gasteiger partial charge in [0, 0.05) is 65.0 Å². The predicted molar refractivity (Wildman–Crippen MR) is 141 cm³/mol. The normalized spacial score (nSPS) is 14.7. The maximum Gasteiger partial charge on any atom is 0.253 e. The van der Waals surface area contributed by atoms with Crippen LogP contribution in [0.1, 0.15) is 36.7 Å². The number of nitrogens with zero attached hydrogens (tertiary/aromatic N) is 4. The van der Waals surface area contributed by atoms with E-state index < -0.39 is 0 Å². The Morgan fingerprint density at radius 1 is 1.16 bits per heavy atom. The number of carbonyl (C=O) groups excluding carboxylic acids is 2. The molecule has 1 saturated heterocycles. The highest BCUT2D eigenvalue weighted by Crippen LogP contribution is 2.09. The third-order valence-corrected chi connectivity index (χ3v) is 5.07. The van der Waals surface area contributed by atoms with E-state index in [0.29, 0.717) is 18.7 Å². The quantitative estimate of drug-likeness (QED) is 0.288. The second-order valence-electron chi connectivity index (χ2n) is 8.37. The summed E-state index contributed by atoms with van der Waals surface area (Å²) >= 11 is 0. The highest BCUT2D eigenvalue weighted by molar-refractivity contribution is 14.0. The molecular weight excluding hydrogens is 519 g/mol. The largest absolute Gasteiger partial charge is 0.357 e. The van der Waals surface area contributed by atoms with E-state index >= 15 is 0 Å². The van der Waals surface area contributed by atoms with Gasteiger partial charge in [-0.2, -0.15) is 0 Å². The molecule has 0 radical (unpaired) electrons. The zero-order valence-corrected chi connectivity index (χ0v) is 22.4. The van der Waals surface area contributed by atoms with Gasteiger partial charge in [-0.3, -0.25) is 19.5 Å². The molecule has 0 spiro atoms. The van der Waals surface area contributed by atoms with Crippen LogP contribution in [0.5, 0.6) is 0 Å². The number of piperazine rings is 1. The number of carbonyl (C=O) groups is 2. The van der Waals surface area contributed by atoms with Gasteiger partial charge < -0.3 is 20.4 Å². The Bertz CT molecular complexity index is 761. The summed E-state index contributed by atoms with van der Waals surface area (Å²) in [5, 5.41) is 6.33. The summed E-state index contributed by atoms with van der Waals surface area (Å²) in [6.07, 6.45) is 0.777. The molecule has 1 aliphatic rings. The molecule has 0 bridgehead atoms. The van der Waals surface area contributed by atoms with Gasteiger partial charge in [0.15, 0.2) is 5.96 Å². The number of benzene rings is 1. The lowest BCUT2D eigenvalue weighted by atomic mass is 10.1. The standard InChI is InChI=1S/C23H38N6O2.HI/c1-6-24-23(29-14-12-28(13-15-29)17-21(30)26-18(2)3)25-11-10-19-8-7-9-20(16-19)22(31)27(4)5;/h7-9,16,18H,6,10-15,17H2,1-5H3,(H,24,25)(H,26,30);1H. The summed E-state index contributed by atoms with van der Waals surface area (Å²) in [6.45, 7) is 11.3. The van der Waals surface area contributed by atoms with Crippen LogP contribution in [0.2, 0.25) is 0 Å². The molecule has 1 fully saturated rings. The van der Waals surface area contributed by atoms with Crippen molar-refractivity contribution in [3.8, 4) is 0 Å². The van der Waals surface area contributed by atoms with Crippen LogP contribution in [0.4, 0.5) is 0 Å². The van der Waals surface area contributed by atoms with Crippen molar-refractivity contribution in [2.75, 3.05) is 59.9 Å². The first-order valence-corrected chi connectivity index (χ1v) is 11.2. The van der Waals surface area contributed by atoms with Crippen LogP contribution in [0, 0.1) is 0 Å². The molecule has 0 aromatic heterocycles. The molecule has 0 saturated carbocycles. The summed E-state index contributed by atoms with van der Waals surface area (Å²) in [7, 11) is 3.52. The number of hydrogen-bond acceptors (Lipinski definition) is 4. The maximum absolute atomic E-state index is 12.2. The lowest BCUT2D eigenvalue weighted by Gasteiger charge is -2.36. The highest BCUT2D eigenvalue weighted by atomic mass is 127. The van der Waals surface area contributed by atoms with E-state index in [0.717, 1.165) is 50.7 Å². The van der Waals surface area contributed by atoms with Gasteiger partial charge in [0.1, 0.15) is 0 Å². The summed E-state index contributed by atoms with van der Waals surface area (Å²) in [6, 6.07) is 7.93. The summed E-state index contributed by atoms with van der Waals surface area (Å²) in [4.78, 5) is 35.0. The molecule has 0 unspecified atom stereocenters. The van der Waals surface area contributed by atoms with Crippen molar-refractivity contribution >= 4 is 41.8 Å². The molecule has 1 aromatic carbocycles. The number of aliphatic imine (C=N–C) groups is 1. The Balaban J connectivity index is 0.00000512. The van der Waals surface area contributed by atoms with Gasteiger partial charge in [-0.05, 0) is 44.9 Å². The first-order chi connectivity index (χ1) is 14.8. The third kappa shape index (κ3) is 9.32. The van der Waals surface area contributed by atoms with Crippen molar-refractivity contribution in [1.82, 2.24) is 25.3 Å². The molecular formula is C23H39IN6O2. The smallest absolute Gasteiger partial charge is 0.253 e. The fourth-order valence-electron chi connectivity index (χ4n) is 3.52. The zero-order valence-electron chi connectivity index (χ0n) is 20.1. The van der Waals surface area contributed by atoms with Crippen LogP contribution in [0.3, 0.4) is 0 Å². The van der Waals surface area contributed by atoms with E-state index in [1.165, 1.54) is 0 Å². The Morgan fingerprint density at radius 3 is 2.44 bits per heavy atom. The minimum absolute atomic E-state index is 0. The van der Waals surface area contributed by atoms with Crippen LogP contribution in [0.15, 0.2) is 29.3 Å². The summed E-state index contributed by atoms with van der Waals surface area (Å²) in [5.41, 5.74) is 1.81. The second kappa shape index (κ2) is 14.3. The van der Waals surface area contributed by atoms with Crippen LogP contribution in [0.25, 0.3) is 0 Å². The first kappa shape index (κ1) is 28.2. The lowest BCUT2D eigenvalue weighted by molar-refractivity contribution is -0.123. The molecule has 2 rings (SSSR count). The topological polar surface area (TPSA) is 80.3 Å². The lowest BCUT2D eigenvalue weighted by Crippen LogP contribution is -2.54.